The predicted octanol–water partition coefficient (Wildman–Crippen LogP) is 3.36. The Kier molecular flexibility index (Phi) is 3.43. The molecule has 0 bridgehead atoms. The van der Waals surface area contributed by atoms with E-state index in [9.17, 15) is 14.7 Å². The van der Waals surface area contributed by atoms with Crippen molar-refractivity contribution >= 4 is 33.8 Å². The maximum atomic E-state index is 12.1. The summed E-state index contributed by atoms with van der Waals surface area (Å²) in [6.45, 7) is 0. The van der Waals surface area contributed by atoms with Gasteiger partial charge < -0.3 is 13.9 Å². The van der Waals surface area contributed by atoms with Crippen LogP contribution in [0.5, 0.6) is 5.75 Å². The molecule has 0 fully saturated rings. The Balaban J connectivity index is 1.79. The zero-order valence-electron chi connectivity index (χ0n) is 12.8. The Morgan fingerprint density at radius 3 is 2.64 bits per heavy atom. The van der Waals surface area contributed by atoms with Crippen molar-refractivity contribution in [2.24, 2.45) is 4.99 Å². The first-order valence-corrected chi connectivity index (χ1v) is 7.44. The third-order valence-corrected chi connectivity index (χ3v) is 3.77. The van der Waals surface area contributed by atoms with Crippen LogP contribution in [0, 0.1) is 0 Å². The summed E-state index contributed by atoms with van der Waals surface area (Å²) in [5, 5.41) is 11.4. The van der Waals surface area contributed by atoms with Gasteiger partial charge in [0.05, 0.1) is 11.1 Å². The van der Waals surface area contributed by atoms with E-state index in [4.69, 9.17) is 8.83 Å². The van der Waals surface area contributed by atoms with Crippen LogP contribution in [0.25, 0.3) is 21.9 Å². The summed E-state index contributed by atoms with van der Waals surface area (Å²) >= 11 is 0. The molecule has 2 heterocycles. The first kappa shape index (κ1) is 14.9. The highest BCUT2D eigenvalue weighted by molar-refractivity contribution is 5.94. The minimum Gasteiger partial charge on any atom is -0.506 e. The van der Waals surface area contributed by atoms with Gasteiger partial charge in [0.25, 0.3) is 0 Å². The van der Waals surface area contributed by atoms with Crippen molar-refractivity contribution in [3.8, 4) is 5.75 Å². The lowest BCUT2D eigenvalue weighted by molar-refractivity contribution is 0.466. The van der Waals surface area contributed by atoms with Crippen LogP contribution >= 0.6 is 0 Å². The highest BCUT2D eigenvalue weighted by atomic mass is 16.4. The standard InChI is InChI=1S/C19H11NO5/c21-17-8-5-11-9-12(6-7-15(11)24-17)20-10-14-18(22)13-3-1-2-4-16(13)25-19(14)23/h1-10,22H. The first-order valence-electron chi connectivity index (χ1n) is 7.44. The summed E-state index contributed by atoms with van der Waals surface area (Å²) in [7, 11) is 0. The molecule has 4 aromatic rings. The third kappa shape index (κ3) is 2.70. The molecule has 0 unspecified atom stereocenters. The fraction of sp³-hybridized carbons (Fsp3) is 0. The van der Waals surface area contributed by atoms with Crippen LogP contribution in [0.3, 0.4) is 0 Å². The molecule has 4 rings (SSSR count). The summed E-state index contributed by atoms with van der Waals surface area (Å²) in [4.78, 5) is 27.5. The van der Waals surface area contributed by atoms with Crippen LogP contribution < -0.4 is 11.3 Å². The Morgan fingerprint density at radius 2 is 1.76 bits per heavy atom. The van der Waals surface area contributed by atoms with Gasteiger partial charge in [0.1, 0.15) is 22.5 Å². The maximum Gasteiger partial charge on any atom is 0.348 e. The van der Waals surface area contributed by atoms with Gasteiger partial charge in [-0.1, -0.05) is 12.1 Å². The topological polar surface area (TPSA) is 93.0 Å². The van der Waals surface area contributed by atoms with E-state index in [-0.39, 0.29) is 11.3 Å². The second-order valence-corrected chi connectivity index (χ2v) is 5.38. The van der Waals surface area contributed by atoms with Gasteiger partial charge in [0, 0.05) is 17.7 Å². The van der Waals surface area contributed by atoms with E-state index < -0.39 is 11.3 Å². The van der Waals surface area contributed by atoms with E-state index in [1.807, 2.05) is 0 Å². The van der Waals surface area contributed by atoms with E-state index >= 15 is 0 Å². The molecule has 0 saturated heterocycles. The van der Waals surface area contributed by atoms with Gasteiger partial charge in [-0.2, -0.15) is 0 Å². The van der Waals surface area contributed by atoms with Crippen LogP contribution in [0.4, 0.5) is 5.69 Å². The molecule has 6 heteroatoms. The molecule has 0 atom stereocenters. The summed E-state index contributed by atoms with van der Waals surface area (Å²) in [5.74, 6) is -0.178. The maximum absolute atomic E-state index is 12.1. The zero-order chi connectivity index (χ0) is 17.4. The van der Waals surface area contributed by atoms with Crippen LogP contribution in [-0.2, 0) is 0 Å². The fourth-order valence-corrected chi connectivity index (χ4v) is 2.54. The average Bonchev–Trinajstić information content (AvgIpc) is 2.61. The molecular formula is C19H11NO5. The normalized spacial score (nSPS) is 11.5. The third-order valence-electron chi connectivity index (χ3n) is 3.77. The van der Waals surface area contributed by atoms with Gasteiger partial charge in [-0.3, -0.25) is 4.99 Å². The number of aromatic hydroxyl groups is 1. The molecule has 2 aromatic carbocycles. The van der Waals surface area contributed by atoms with E-state index in [0.29, 0.717) is 27.6 Å². The molecule has 25 heavy (non-hydrogen) atoms. The number of benzene rings is 2. The Hall–Kier alpha value is -3.67. The molecule has 0 aliphatic rings. The van der Waals surface area contributed by atoms with Crippen molar-refractivity contribution < 1.29 is 13.9 Å². The molecule has 6 nitrogen and oxygen atoms in total. The highest BCUT2D eigenvalue weighted by Crippen LogP contribution is 2.26. The number of nitrogens with zero attached hydrogens (tertiary/aromatic N) is 1. The molecule has 122 valence electrons. The minimum absolute atomic E-state index is 0.0293. The van der Waals surface area contributed by atoms with Crippen LogP contribution in [0.2, 0.25) is 0 Å². The van der Waals surface area contributed by atoms with Crippen LogP contribution in [-0.4, -0.2) is 11.3 Å². The number of rotatable bonds is 2. The summed E-state index contributed by atoms with van der Waals surface area (Å²) < 4.78 is 10.2. The predicted molar refractivity (Wildman–Crippen MR) is 93.9 cm³/mol. The number of hydrogen-bond donors (Lipinski definition) is 1. The SMILES string of the molecule is O=c1ccc2cc(N=Cc3c(O)c4ccccc4oc3=O)ccc2o1. The molecule has 0 spiro atoms. The lowest BCUT2D eigenvalue weighted by Gasteiger charge is -2.02. The molecular weight excluding hydrogens is 322 g/mol. The quantitative estimate of drug-likeness (QED) is 0.448. The number of fused-ring (bicyclic) bond motifs is 2. The zero-order valence-corrected chi connectivity index (χ0v) is 12.8. The van der Waals surface area contributed by atoms with E-state index in [1.54, 1.807) is 48.5 Å². The molecule has 0 aliphatic heterocycles. The molecule has 0 saturated carbocycles. The van der Waals surface area contributed by atoms with Gasteiger partial charge >= 0.3 is 11.3 Å². The number of hydrogen-bond acceptors (Lipinski definition) is 6. The second kappa shape index (κ2) is 5.76. The Bertz CT molecular complexity index is 1250. The first-order chi connectivity index (χ1) is 12.1. The molecule has 1 N–H and O–H groups in total. The Morgan fingerprint density at radius 1 is 0.920 bits per heavy atom. The van der Waals surface area contributed by atoms with Crippen molar-refractivity contribution in [1.82, 2.24) is 0 Å². The number of aliphatic imine (C=N–C) groups is 1. The van der Waals surface area contributed by atoms with Gasteiger partial charge in [-0.15, -0.1) is 0 Å². The molecule has 0 amide bonds. The Labute approximate surface area is 140 Å². The fourth-order valence-electron chi connectivity index (χ4n) is 2.54. The van der Waals surface area contributed by atoms with Gasteiger partial charge in [-0.05, 0) is 36.4 Å². The largest absolute Gasteiger partial charge is 0.506 e. The molecule has 0 aliphatic carbocycles. The minimum atomic E-state index is -0.674. The van der Waals surface area contributed by atoms with Crippen LogP contribution in [0.1, 0.15) is 5.56 Å². The van der Waals surface area contributed by atoms with Gasteiger partial charge in [0.15, 0.2) is 0 Å². The summed E-state index contributed by atoms with van der Waals surface area (Å²) in [6, 6.07) is 14.6. The number of para-hydroxylation sites is 1. The molecule has 0 radical (unpaired) electrons. The average molecular weight is 333 g/mol. The van der Waals surface area contributed by atoms with Crippen molar-refractivity contribution in [2.75, 3.05) is 0 Å². The van der Waals surface area contributed by atoms with Crippen molar-refractivity contribution in [3.05, 3.63) is 81.0 Å². The van der Waals surface area contributed by atoms with Crippen LogP contribution in [0.15, 0.2) is 78.0 Å². The summed E-state index contributed by atoms with van der Waals surface area (Å²) in [6.07, 6.45) is 1.26. The van der Waals surface area contributed by atoms with Crippen molar-refractivity contribution in [1.29, 1.82) is 0 Å². The highest BCUT2D eigenvalue weighted by Gasteiger charge is 2.11. The van der Waals surface area contributed by atoms with E-state index in [2.05, 4.69) is 4.99 Å². The van der Waals surface area contributed by atoms with Crippen molar-refractivity contribution in [3.63, 3.8) is 0 Å². The smallest absolute Gasteiger partial charge is 0.348 e. The summed E-state index contributed by atoms with van der Waals surface area (Å²) in [5.41, 5.74) is 0.156. The van der Waals surface area contributed by atoms with Crippen molar-refractivity contribution in [2.45, 2.75) is 0 Å². The lowest BCUT2D eigenvalue weighted by atomic mass is 10.1. The van der Waals surface area contributed by atoms with Gasteiger partial charge in [-0.25, -0.2) is 9.59 Å². The lowest BCUT2D eigenvalue weighted by Crippen LogP contribution is -2.06. The monoisotopic (exact) mass is 333 g/mol. The molecule has 2 aromatic heterocycles. The second-order valence-electron chi connectivity index (χ2n) is 5.38. The van der Waals surface area contributed by atoms with Gasteiger partial charge in [0.2, 0.25) is 0 Å². The van der Waals surface area contributed by atoms with E-state index in [0.717, 1.165) is 0 Å². The van der Waals surface area contributed by atoms with E-state index in [1.165, 1.54) is 12.3 Å².